The fourth-order valence-corrected chi connectivity index (χ4v) is 2.49. The normalized spacial score (nSPS) is 10.9. The van der Waals surface area contributed by atoms with Crippen LogP contribution in [0.3, 0.4) is 0 Å². The molecule has 0 spiro atoms. The molecule has 2 aromatic carbocycles. The van der Waals surface area contributed by atoms with Gasteiger partial charge < -0.3 is 10.3 Å². The number of nitrogens with zero attached hydrogens (tertiary/aromatic N) is 6. The Morgan fingerprint density at radius 2 is 1.70 bits per heavy atom. The van der Waals surface area contributed by atoms with E-state index in [9.17, 15) is 4.79 Å². The first kappa shape index (κ1) is 16.9. The molecule has 4 rings (SSSR count). The van der Waals surface area contributed by atoms with E-state index in [0.717, 1.165) is 5.56 Å². The van der Waals surface area contributed by atoms with Crippen molar-refractivity contribution < 1.29 is 9.32 Å². The van der Waals surface area contributed by atoms with Crippen LogP contribution in [0.25, 0.3) is 22.8 Å². The molecule has 0 bridgehead atoms. The molecule has 2 heterocycles. The van der Waals surface area contributed by atoms with Crippen LogP contribution in [0.15, 0.2) is 53.1 Å². The monoisotopic (exact) mass is 381 g/mol. The first-order chi connectivity index (χ1) is 13.1. The lowest BCUT2D eigenvalue weighted by molar-refractivity contribution is 0.100. The molecule has 9 nitrogen and oxygen atoms in total. The Balaban J connectivity index is 1.49. The van der Waals surface area contributed by atoms with Crippen molar-refractivity contribution in [2.24, 2.45) is 5.73 Å². The minimum atomic E-state index is -0.494. The fourth-order valence-electron chi connectivity index (χ4n) is 2.37. The van der Waals surface area contributed by atoms with Gasteiger partial charge in [-0.1, -0.05) is 28.9 Å². The Bertz CT molecular complexity index is 1090. The summed E-state index contributed by atoms with van der Waals surface area (Å²) < 4.78 is 5.24. The summed E-state index contributed by atoms with van der Waals surface area (Å²) in [5, 5.41) is 16.8. The lowest BCUT2D eigenvalue weighted by Gasteiger charge is -1.97. The molecule has 0 radical (unpaired) electrons. The maximum absolute atomic E-state index is 11.1. The molecule has 0 aliphatic heterocycles. The van der Waals surface area contributed by atoms with Gasteiger partial charge in [0.2, 0.25) is 17.6 Å². The van der Waals surface area contributed by atoms with Gasteiger partial charge in [0.05, 0.1) is 0 Å². The summed E-state index contributed by atoms with van der Waals surface area (Å²) in [6.45, 7) is 0.174. The van der Waals surface area contributed by atoms with Gasteiger partial charge in [0.25, 0.3) is 5.89 Å². The Morgan fingerprint density at radius 3 is 2.41 bits per heavy atom. The second-order valence-electron chi connectivity index (χ2n) is 5.60. The number of benzene rings is 2. The van der Waals surface area contributed by atoms with Crippen LogP contribution in [0.1, 0.15) is 16.2 Å². The number of amides is 1. The molecule has 4 aromatic rings. The number of hydrogen-bond donors (Lipinski definition) is 1. The number of carbonyl (C=O) groups excluding carboxylic acids is 1. The summed E-state index contributed by atoms with van der Waals surface area (Å²) in [5.74, 6) is 0.700. The zero-order chi connectivity index (χ0) is 18.8. The zero-order valence-corrected chi connectivity index (χ0v) is 14.5. The maximum atomic E-state index is 11.1. The molecular formula is C17H12ClN7O2. The molecule has 0 atom stereocenters. The number of hydrogen-bond acceptors (Lipinski definition) is 7. The van der Waals surface area contributed by atoms with Gasteiger partial charge in [-0.2, -0.15) is 9.78 Å². The van der Waals surface area contributed by atoms with Crippen LogP contribution in [-0.2, 0) is 6.54 Å². The van der Waals surface area contributed by atoms with Crippen LogP contribution in [0.2, 0.25) is 5.02 Å². The lowest BCUT2D eigenvalue weighted by Crippen LogP contribution is -2.10. The average molecular weight is 382 g/mol. The van der Waals surface area contributed by atoms with Crippen molar-refractivity contribution in [3.63, 3.8) is 0 Å². The van der Waals surface area contributed by atoms with E-state index >= 15 is 0 Å². The Kier molecular flexibility index (Phi) is 4.35. The summed E-state index contributed by atoms with van der Waals surface area (Å²) in [6, 6.07) is 13.7. The summed E-state index contributed by atoms with van der Waals surface area (Å²) >= 11 is 5.87. The molecular weight excluding hydrogens is 370 g/mol. The van der Waals surface area contributed by atoms with Crippen LogP contribution in [0.4, 0.5) is 0 Å². The van der Waals surface area contributed by atoms with Gasteiger partial charge >= 0.3 is 0 Å². The molecule has 0 aliphatic rings. The van der Waals surface area contributed by atoms with E-state index in [1.54, 1.807) is 48.5 Å². The summed E-state index contributed by atoms with van der Waals surface area (Å²) in [5.41, 5.74) is 7.13. The van der Waals surface area contributed by atoms with Gasteiger partial charge in [-0.05, 0) is 41.6 Å². The second kappa shape index (κ2) is 6.96. The lowest BCUT2D eigenvalue weighted by atomic mass is 10.1. The fraction of sp³-hybridized carbons (Fsp3) is 0.0588. The average Bonchev–Trinajstić information content (AvgIpc) is 3.33. The highest BCUT2D eigenvalue weighted by molar-refractivity contribution is 6.30. The van der Waals surface area contributed by atoms with Crippen molar-refractivity contribution in [1.29, 1.82) is 0 Å². The van der Waals surface area contributed by atoms with Crippen molar-refractivity contribution >= 4 is 17.5 Å². The summed E-state index contributed by atoms with van der Waals surface area (Å²) in [4.78, 5) is 16.8. The molecule has 0 unspecified atom stereocenters. The first-order valence-electron chi connectivity index (χ1n) is 7.85. The predicted molar refractivity (Wildman–Crippen MR) is 95.6 cm³/mol. The molecule has 0 saturated carbocycles. The van der Waals surface area contributed by atoms with Gasteiger partial charge in [0, 0.05) is 21.7 Å². The smallest absolute Gasteiger partial charge is 0.250 e. The molecule has 1 amide bonds. The molecule has 10 heteroatoms. The topological polar surface area (TPSA) is 126 Å². The van der Waals surface area contributed by atoms with Crippen molar-refractivity contribution in [3.05, 3.63) is 65.0 Å². The SMILES string of the molecule is NC(=O)c1ccc(-c2nnn(Cc3nc(-c4ccc(Cl)cc4)no3)n2)cc1. The number of rotatable bonds is 5. The van der Waals surface area contributed by atoms with Gasteiger partial charge in [-0.15, -0.1) is 10.2 Å². The van der Waals surface area contributed by atoms with Crippen LogP contribution < -0.4 is 5.73 Å². The van der Waals surface area contributed by atoms with Crippen molar-refractivity contribution in [3.8, 4) is 22.8 Å². The Hall–Kier alpha value is -3.59. The highest BCUT2D eigenvalue weighted by Gasteiger charge is 2.12. The first-order valence-corrected chi connectivity index (χ1v) is 8.23. The van der Waals surface area contributed by atoms with E-state index in [4.69, 9.17) is 21.9 Å². The number of nitrogens with two attached hydrogens (primary N) is 1. The van der Waals surface area contributed by atoms with Gasteiger partial charge in [-0.3, -0.25) is 4.79 Å². The van der Waals surface area contributed by atoms with E-state index in [2.05, 4.69) is 25.6 Å². The third-order valence-electron chi connectivity index (χ3n) is 3.73. The molecule has 0 fully saturated rings. The number of tetrazole rings is 1. The number of carbonyl (C=O) groups is 1. The molecule has 0 saturated heterocycles. The third-order valence-corrected chi connectivity index (χ3v) is 3.98. The number of halogens is 1. The Labute approximate surface area is 157 Å². The van der Waals surface area contributed by atoms with E-state index in [1.807, 2.05) is 0 Å². The molecule has 27 heavy (non-hydrogen) atoms. The minimum Gasteiger partial charge on any atom is -0.366 e. The number of primary amides is 1. The molecule has 0 aliphatic carbocycles. The van der Waals surface area contributed by atoms with E-state index in [1.165, 1.54) is 4.80 Å². The zero-order valence-electron chi connectivity index (χ0n) is 13.8. The van der Waals surface area contributed by atoms with E-state index in [0.29, 0.717) is 33.7 Å². The third kappa shape index (κ3) is 3.67. The van der Waals surface area contributed by atoms with E-state index in [-0.39, 0.29) is 6.54 Å². The standard InChI is InChI=1S/C17H12ClN7O2/c18-13-7-5-11(6-8-13)16-20-14(27-23-16)9-25-22-17(21-24-25)12-3-1-10(2-4-12)15(19)26/h1-8H,9H2,(H2,19,26). The van der Waals surface area contributed by atoms with Crippen LogP contribution in [-0.4, -0.2) is 36.3 Å². The van der Waals surface area contributed by atoms with Crippen molar-refractivity contribution in [2.45, 2.75) is 6.54 Å². The van der Waals surface area contributed by atoms with Gasteiger partial charge in [0.15, 0.2) is 0 Å². The van der Waals surface area contributed by atoms with Crippen molar-refractivity contribution in [1.82, 2.24) is 30.3 Å². The summed E-state index contributed by atoms with van der Waals surface area (Å²) in [6.07, 6.45) is 0. The predicted octanol–water partition coefficient (Wildman–Crippen LogP) is 2.19. The minimum absolute atomic E-state index is 0.174. The van der Waals surface area contributed by atoms with E-state index < -0.39 is 5.91 Å². The summed E-state index contributed by atoms with van der Waals surface area (Å²) in [7, 11) is 0. The van der Waals surface area contributed by atoms with Crippen LogP contribution in [0, 0.1) is 0 Å². The van der Waals surface area contributed by atoms with Crippen molar-refractivity contribution in [2.75, 3.05) is 0 Å². The van der Waals surface area contributed by atoms with Gasteiger partial charge in [-0.25, -0.2) is 0 Å². The highest BCUT2D eigenvalue weighted by Crippen LogP contribution is 2.19. The Morgan fingerprint density at radius 1 is 1.04 bits per heavy atom. The molecule has 2 aromatic heterocycles. The molecule has 134 valence electrons. The van der Waals surface area contributed by atoms with Crippen LogP contribution >= 0.6 is 11.6 Å². The highest BCUT2D eigenvalue weighted by atomic mass is 35.5. The van der Waals surface area contributed by atoms with Crippen LogP contribution in [0.5, 0.6) is 0 Å². The number of aromatic nitrogens is 6. The maximum Gasteiger partial charge on any atom is 0.250 e. The largest absolute Gasteiger partial charge is 0.366 e. The van der Waals surface area contributed by atoms with Gasteiger partial charge in [0.1, 0.15) is 6.54 Å². The molecule has 2 N–H and O–H groups in total. The second-order valence-corrected chi connectivity index (χ2v) is 6.04. The quantitative estimate of drug-likeness (QED) is 0.561.